The number of hydrogen-bond donors (Lipinski definition) is 2. The van der Waals surface area contributed by atoms with Gasteiger partial charge in [-0.05, 0) is 26.3 Å². The van der Waals surface area contributed by atoms with Crippen molar-refractivity contribution in [2.24, 2.45) is 0 Å². The van der Waals surface area contributed by atoms with Crippen molar-refractivity contribution in [3.63, 3.8) is 0 Å². The molecule has 0 aliphatic heterocycles. The third kappa shape index (κ3) is 5.90. The number of carbonyl (C=O) groups is 1. The second-order valence-corrected chi connectivity index (χ2v) is 5.98. The zero-order chi connectivity index (χ0) is 16.5. The van der Waals surface area contributed by atoms with E-state index in [1.54, 1.807) is 30.2 Å². The maximum Gasteiger partial charge on any atom is 0.230 e. The molecular formula is C15H21N5O2S. The molecule has 0 aliphatic carbocycles. The summed E-state index contributed by atoms with van der Waals surface area (Å²) in [5.41, 5.74) is 1.97. The monoisotopic (exact) mass is 335 g/mol. The molecule has 0 radical (unpaired) electrons. The molecule has 2 heterocycles. The zero-order valence-corrected chi connectivity index (χ0v) is 14.2. The maximum absolute atomic E-state index is 11.8. The van der Waals surface area contributed by atoms with Gasteiger partial charge in [0.15, 0.2) is 0 Å². The summed E-state index contributed by atoms with van der Waals surface area (Å²) in [4.78, 5) is 19.9. The predicted molar refractivity (Wildman–Crippen MR) is 90.3 cm³/mol. The Morgan fingerprint density at radius 2 is 2.04 bits per heavy atom. The summed E-state index contributed by atoms with van der Waals surface area (Å²) < 4.78 is 5.10. The molecule has 124 valence electrons. The number of nitrogens with one attached hydrogen (secondary N) is 2. The standard InChI is InChI=1S/C15H21N5O2S/c1-11-13(12(2)22-20-11)9-23-10-14(21)16-5-3-6-17-15-18-7-4-8-19-15/h4,7-8H,3,5-6,9-10H2,1-2H3,(H,16,21)(H,17,18,19). The van der Waals surface area contributed by atoms with Crippen LogP contribution in [0.1, 0.15) is 23.4 Å². The Morgan fingerprint density at radius 1 is 1.26 bits per heavy atom. The Kier molecular flexibility index (Phi) is 6.86. The molecular weight excluding hydrogens is 314 g/mol. The third-order valence-electron chi connectivity index (χ3n) is 3.19. The van der Waals surface area contributed by atoms with E-state index in [-0.39, 0.29) is 5.91 Å². The van der Waals surface area contributed by atoms with Gasteiger partial charge in [0.2, 0.25) is 11.9 Å². The summed E-state index contributed by atoms with van der Waals surface area (Å²) in [7, 11) is 0. The first-order chi connectivity index (χ1) is 11.2. The van der Waals surface area contributed by atoms with Gasteiger partial charge in [0.05, 0.1) is 11.4 Å². The number of aryl methyl sites for hydroxylation is 2. The van der Waals surface area contributed by atoms with Crippen molar-refractivity contribution < 1.29 is 9.32 Å². The average molecular weight is 335 g/mol. The van der Waals surface area contributed by atoms with Crippen LogP contribution in [0, 0.1) is 13.8 Å². The number of carbonyl (C=O) groups excluding carboxylic acids is 1. The normalized spacial score (nSPS) is 10.5. The van der Waals surface area contributed by atoms with E-state index >= 15 is 0 Å². The first-order valence-corrected chi connectivity index (χ1v) is 8.59. The molecule has 2 rings (SSSR count). The van der Waals surface area contributed by atoms with Crippen molar-refractivity contribution in [3.05, 3.63) is 35.5 Å². The lowest BCUT2D eigenvalue weighted by atomic mass is 10.2. The van der Waals surface area contributed by atoms with Gasteiger partial charge in [-0.2, -0.15) is 0 Å². The van der Waals surface area contributed by atoms with Gasteiger partial charge >= 0.3 is 0 Å². The third-order valence-corrected chi connectivity index (χ3v) is 4.14. The van der Waals surface area contributed by atoms with E-state index in [4.69, 9.17) is 4.52 Å². The minimum Gasteiger partial charge on any atom is -0.361 e. The van der Waals surface area contributed by atoms with E-state index in [0.29, 0.717) is 18.2 Å². The fourth-order valence-corrected chi connectivity index (χ4v) is 2.92. The summed E-state index contributed by atoms with van der Waals surface area (Å²) >= 11 is 1.56. The van der Waals surface area contributed by atoms with Crippen LogP contribution in [0.15, 0.2) is 23.0 Å². The van der Waals surface area contributed by atoms with E-state index < -0.39 is 0 Å². The lowest BCUT2D eigenvalue weighted by Crippen LogP contribution is -2.27. The maximum atomic E-state index is 11.8. The molecule has 0 fully saturated rings. The highest BCUT2D eigenvalue weighted by Gasteiger charge is 2.09. The molecule has 0 bridgehead atoms. The van der Waals surface area contributed by atoms with Crippen LogP contribution in [0.2, 0.25) is 0 Å². The number of hydrogen-bond acceptors (Lipinski definition) is 7. The molecule has 0 aromatic carbocycles. The molecule has 0 aliphatic rings. The lowest BCUT2D eigenvalue weighted by Gasteiger charge is -2.06. The molecule has 23 heavy (non-hydrogen) atoms. The predicted octanol–water partition coefficient (Wildman–Crippen LogP) is 1.93. The minimum atomic E-state index is 0.0396. The largest absolute Gasteiger partial charge is 0.361 e. The number of aromatic nitrogens is 3. The van der Waals surface area contributed by atoms with Gasteiger partial charge in [-0.3, -0.25) is 4.79 Å². The van der Waals surface area contributed by atoms with E-state index in [1.165, 1.54) is 0 Å². The van der Waals surface area contributed by atoms with Gasteiger partial charge in [-0.25, -0.2) is 9.97 Å². The number of amides is 1. The van der Waals surface area contributed by atoms with Crippen LogP contribution in [-0.4, -0.2) is 39.9 Å². The second-order valence-electron chi connectivity index (χ2n) is 5.00. The van der Waals surface area contributed by atoms with Gasteiger partial charge in [-0.15, -0.1) is 11.8 Å². The van der Waals surface area contributed by atoms with Crippen molar-refractivity contribution in [1.29, 1.82) is 0 Å². The van der Waals surface area contributed by atoms with Crippen molar-refractivity contribution >= 4 is 23.6 Å². The van der Waals surface area contributed by atoms with Crippen molar-refractivity contribution in [3.8, 4) is 0 Å². The van der Waals surface area contributed by atoms with Crippen LogP contribution in [0.5, 0.6) is 0 Å². The number of rotatable bonds is 9. The fourth-order valence-electron chi connectivity index (χ4n) is 1.91. The Morgan fingerprint density at radius 3 is 2.74 bits per heavy atom. The molecule has 1 amide bonds. The zero-order valence-electron chi connectivity index (χ0n) is 13.3. The lowest BCUT2D eigenvalue weighted by molar-refractivity contribution is -0.118. The van der Waals surface area contributed by atoms with Crippen molar-refractivity contribution in [1.82, 2.24) is 20.4 Å². The SMILES string of the molecule is Cc1noc(C)c1CSCC(=O)NCCCNc1ncccn1. The minimum absolute atomic E-state index is 0.0396. The highest BCUT2D eigenvalue weighted by molar-refractivity contribution is 7.99. The first kappa shape index (κ1) is 17.3. The molecule has 2 aromatic heterocycles. The van der Waals surface area contributed by atoms with Gasteiger partial charge in [0.1, 0.15) is 5.76 Å². The van der Waals surface area contributed by atoms with Gasteiger partial charge in [0.25, 0.3) is 0 Å². The van der Waals surface area contributed by atoms with E-state index in [1.807, 2.05) is 13.8 Å². The van der Waals surface area contributed by atoms with Crippen molar-refractivity contribution in [2.75, 3.05) is 24.2 Å². The number of anilines is 1. The molecule has 0 spiro atoms. The summed E-state index contributed by atoms with van der Waals surface area (Å²) in [5.74, 6) is 2.64. The van der Waals surface area contributed by atoms with Crippen LogP contribution in [-0.2, 0) is 10.5 Å². The quantitative estimate of drug-likeness (QED) is 0.676. The molecule has 8 heteroatoms. The molecule has 7 nitrogen and oxygen atoms in total. The highest BCUT2D eigenvalue weighted by Crippen LogP contribution is 2.19. The van der Waals surface area contributed by atoms with E-state index in [0.717, 1.165) is 35.7 Å². The van der Waals surface area contributed by atoms with E-state index in [2.05, 4.69) is 25.8 Å². The van der Waals surface area contributed by atoms with Crippen LogP contribution >= 0.6 is 11.8 Å². The summed E-state index contributed by atoms with van der Waals surface area (Å²) in [6, 6.07) is 1.77. The van der Waals surface area contributed by atoms with E-state index in [9.17, 15) is 4.79 Å². The van der Waals surface area contributed by atoms with Crippen LogP contribution in [0.25, 0.3) is 0 Å². The highest BCUT2D eigenvalue weighted by atomic mass is 32.2. The summed E-state index contributed by atoms with van der Waals surface area (Å²) in [6.45, 7) is 5.15. The molecule has 0 saturated heterocycles. The summed E-state index contributed by atoms with van der Waals surface area (Å²) in [6.07, 6.45) is 4.19. The first-order valence-electron chi connectivity index (χ1n) is 7.44. The molecule has 2 aromatic rings. The summed E-state index contributed by atoms with van der Waals surface area (Å²) in [5, 5.41) is 9.90. The second kappa shape index (κ2) is 9.14. The van der Waals surface area contributed by atoms with Crippen molar-refractivity contribution in [2.45, 2.75) is 26.0 Å². The van der Waals surface area contributed by atoms with Crippen LogP contribution in [0.4, 0.5) is 5.95 Å². The van der Waals surface area contributed by atoms with Crippen LogP contribution < -0.4 is 10.6 Å². The number of thioether (sulfide) groups is 1. The van der Waals surface area contributed by atoms with Gasteiger partial charge in [0, 0.05) is 36.8 Å². The van der Waals surface area contributed by atoms with Crippen LogP contribution in [0.3, 0.4) is 0 Å². The fraction of sp³-hybridized carbons (Fsp3) is 0.467. The molecule has 0 atom stereocenters. The molecule has 0 saturated carbocycles. The Hall–Kier alpha value is -2.09. The Labute approximate surface area is 139 Å². The number of nitrogens with zero attached hydrogens (tertiary/aromatic N) is 3. The van der Waals surface area contributed by atoms with Gasteiger partial charge < -0.3 is 15.2 Å². The smallest absolute Gasteiger partial charge is 0.230 e. The molecule has 0 unspecified atom stereocenters. The van der Waals surface area contributed by atoms with Gasteiger partial charge in [-0.1, -0.05) is 5.16 Å². The topological polar surface area (TPSA) is 92.9 Å². The Bertz CT molecular complexity index is 598. The molecule has 2 N–H and O–H groups in total. The Balaban J connectivity index is 1.53. The average Bonchev–Trinajstić information content (AvgIpc) is 2.87.